The number of aryl methyl sites for hydroxylation is 1. The van der Waals surface area contributed by atoms with E-state index < -0.39 is 18.2 Å². The number of hydrogen-bond donors (Lipinski definition) is 1. The van der Waals surface area contributed by atoms with E-state index in [1.165, 1.54) is 6.20 Å². The van der Waals surface area contributed by atoms with Crippen LogP contribution in [0.5, 0.6) is 0 Å². The smallest absolute Gasteiger partial charge is 0.429 e. The molecule has 1 aromatic carbocycles. The summed E-state index contributed by atoms with van der Waals surface area (Å²) in [5.74, 6) is -0.968. The molecule has 3 nitrogen and oxygen atoms in total. The van der Waals surface area contributed by atoms with Gasteiger partial charge in [0.15, 0.2) is 0 Å². The van der Waals surface area contributed by atoms with Crippen molar-refractivity contribution in [2.24, 2.45) is 0 Å². The minimum Gasteiger partial charge on any atom is -0.448 e. The van der Waals surface area contributed by atoms with Crippen LogP contribution in [0.3, 0.4) is 0 Å². The Morgan fingerprint density at radius 1 is 1.37 bits per heavy atom. The lowest BCUT2D eigenvalue weighted by atomic mass is 10.1. The molecule has 0 fully saturated rings. The van der Waals surface area contributed by atoms with E-state index in [-0.39, 0.29) is 5.56 Å². The molecule has 1 aromatic heterocycles. The van der Waals surface area contributed by atoms with Crippen LogP contribution in [-0.2, 0) is 9.53 Å². The van der Waals surface area contributed by atoms with Crippen LogP contribution in [0.25, 0.3) is 10.9 Å². The molecule has 1 heterocycles. The Hall–Kier alpha value is -1.98. The van der Waals surface area contributed by atoms with Gasteiger partial charge in [0.1, 0.15) is 0 Å². The van der Waals surface area contributed by atoms with Crippen molar-refractivity contribution in [2.45, 2.75) is 26.1 Å². The number of esters is 1. The lowest BCUT2D eigenvalue weighted by molar-refractivity contribution is -0.222. The summed E-state index contributed by atoms with van der Waals surface area (Å²) < 4.78 is 43.4. The van der Waals surface area contributed by atoms with Gasteiger partial charge in [-0.1, -0.05) is 11.6 Å². The molecule has 6 heteroatoms. The number of halogens is 3. The fraction of sp³-hybridized carbons (Fsp3) is 0.308. The predicted molar refractivity (Wildman–Crippen MR) is 63.6 cm³/mol. The Labute approximate surface area is 107 Å². The van der Waals surface area contributed by atoms with Gasteiger partial charge in [-0.25, -0.2) is 0 Å². The van der Waals surface area contributed by atoms with E-state index in [1.54, 1.807) is 25.1 Å². The molecular weight excluding hydrogens is 259 g/mol. The number of ether oxygens (including phenoxy) is 1. The zero-order valence-corrected chi connectivity index (χ0v) is 10.3. The van der Waals surface area contributed by atoms with Crippen LogP contribution in [-0.4, -0.2) is 17.1 Å². The van der Waals surface area contributed by atoms with E-state index in [0.29, 0.717) is 10.9 Å². The molecule has 0 radical (unpaired) electrons. The number of rotatable bonds is 2. The maximum Gasteiger partial charge on any atom is 0.429 e. The average Bonchev–Trinajstić information content (AvgIpc) is 2.66. The van der Waals surface area contributed by atoms with Crippen molar-refractivity contribution in [3.05, 3.63) is 35.5 Å². The summed E-state index contributed by atoms with van der Waals surface area (Å²) >= 11 is 0. The van der Waals surface area contributed by atoms with E-state index in [2.05, 4.69) is 9.72 Å². The number of nitrogens with one attached hydrogen (secondary N) is 1. The molecule has 19 heavy (non-hydrogen) atoms. The molecule has 0 amide bonds. The topological polar surface area (TPSA) is 42.1 Å². The first-order chi connectivity index (χ1) is 8.79. The van der Waals surface area contributed by atoms with Gasteiger partial charge in [-0.05, 0) is 19.1 Å². The highest BCUT2D eigenvalue weighted by Crippen LogP contribution is 2.39. The van der Waals surface area contributed by atoms with Crippen LogP contribution >= 0.6 is 0 Å². The van der Waals surface area contributed by atoms with Gasteiger partial charge < -0.3 is 9.72 Å². The van der Waals surface area contributed by atoms with Gasteiger partial charge in [-0.15, -0.1) is 0 Å². The Bertz CT molecular complexity index is 616. The quantitative estimate of drug-likeness (QED) is 0.847. The first kappa shape index (κ1) is 13.5. The molecule has 0 aliphatic heterocycles. The van der Waals surface area contributed by atoms with Crippen LogP contribution in [0.4, 0.5) is 13.2 Å². The molecule has 0 bridgehead atoms. The number of aromatic nitrogens is 1. The normalized spacial score (nSPS) is 13.5. The SMILES string of the molecule is CC(=O)O[C@H](c1c[nH]c2ccc(C)cc12)C(F)(F)F. The third kappa shape index (κ3) is 2.72. The molecule has 0 aliphatic rings. The summed E-state index contributed by atoms with van der Waals surface area (Å²) in [6.07, 6.45) is -5.67. The summed E-state index contributed by atoms with van der Waals surface area (Å²) in [7, 11) is 0. The Morgan fingerprint density at radius 2 is 2.05 bits per heavy atom. The minimum absolute atomic E-state index is 0.0820. The number of carbonyl (C=O) groups excluding carboxylic acids is 1. The number of alkyl halides is 3. The number of fused-ring (bicyclic) bond motifs is 1. The summed E-state index contributed by atoms with van der Waals surface area (Å²) in [4.78, 5) is 13.6. The first-order valence-electron chi connectivity index (χ1n) is 5.60. The molecule has 0 unspecified atom stereocenters. The maximum atomic E-state index is 13.0. The molecule has 0 aliphatic carbocycles. The second-order valence-corrected chi connectivity index (χ2v) is 4.32. The molecule has 1 atom stereocenters. The molecule has 102 valence electrons. The highest BCUT2D eigenvalue weighted by Gasteiger charge is 2.44. The lowest BCUT2D eigenvalue weighted by Crippen LogP contribution is -2.25. The summed E-state index contributed by atoms with van der Waals surface area (Å²) in [5, 5.41) is 0.406. The zero-order chi connectivity index (χ0) is 14.2. The minimum atomic E-state index is -4.65. The fourth-order valence-electron chi connectivity index (χ4n) is 1.95. The second-order valence-electron chi connectivity index (χ2n) is 4.32. The van der Waals surface area contributed by atoms with Gasteiger partial charge >= 0.3 is 12.1 Å². The molecule has 0 spiro atoms. The third-order valence-corrected chi connectivity index (χ3v) is 2.73. The van der Waals surface area contributed by atoms with E-state index >= 15 is 0 Å². The number of benzene rings is 1. The lowest BCUT2D eigenvalue weighted by Gasteiger charge is -2.19. The van der Waals surface area contributed by atoms with Gasteiger partial charge in [-0.2, -0.15) is 13.2 Å². The van der Waals surface area contributed by atoms with E-state index in [1.807, 2.05) is 0 Å². The average molecular weight is 271 g/mol. The van der Waals surface area contributed by atoms with Gasteiger partial charge in [0.2, 0.25) is 6.10 Å². The zero-order valence-electron chi connectivity index (χ0n) is 10.3. The predicted octanol–water partition coefficient (Wildman–Crippen LogP) is 3.64. The highest BCUT2D eigenvalue weighted by molar-refractivity contribution is 5.84. The standard InChI is InChI=1S/C13H12F3NO2/c1-7-3-4-11-9(5-7)10(6-17-11)12(13(14,15)16)19-8(2)18/h3-6,12,17H,1-2H3/t12-/m1/s1. The second kappa shape index (κ2) is 4.60. The van der Waals surface area contributed by atoms with Crippen LogP contribution in [0.15, 0.2) is 24.4 Å². The van der Waals surface area contributed by atoms with Crippen LogP contribution in [0.1, 0.15) is 24.2 Å². The van der Waals surface area contributed by atoms with Gasteiger partial charge in [0.05, 0.1) is 0 Å². The third-order valence-electron chi connectivity index (χ3n) is 2.73. The number of hydrogen-bond acceptors (Lipinski definition) is 2. The number of H-pyrrole nitrogens is 1. The molecular formula is C13H12F3NO2. The molecule has 2 rings (SSSR count). The Morgan fingerprint density at radius 3 is 2.63 bits per heavy atom. The summed E-state index contributed by atoms with van der Waals surface area (Å²) in [5.41, 5.74) is 1.32. The molecule has 2 aromatic rings. The van der Waals surface area contributed by atoms with Crippen LogP contribution in [0, 0.1) is 6.92 Å². The Balaban J connectivity index is 2.55. The van der Waals surface area contributed by atoms with Crippen LogP contribution in [0.2, 0.25) is 0 Å². The van der Waals surface area contributed by atoms with Crippen molar-refractivity contribution in [3.63, 3.8) is 0 Å². The van der Waals surface area contributed by atoms with Crippen molar-refractivity contribution in [2.75, 3.05) is 0 Å². The Kier molecular flexibility index (Phi) is 3.26. The monoisotopic (exact) mass is 271 g/mol. The van der Waals surface area contributed by atoms with Crippen molar-refractivity contribution >= 4 is 16.9 Å². The van der Waals surface area contributed by atoms with E-state index in [9.17, 15) is 18.0 Å². The molecule has 0 saturated heterocycles. The van der Waals surface area contributed by atoms with Gasteiger partial charge in [0, 0.05) is 29.6 Å². The van der Waals surface area contributed by atoms with E-state index in [0.717, 1.165) is 12.5 Å². The van der Waals surface area contributed by atoms with Gasteiger partial charge in [-0.3, -0.25) is 4.79 Å². The first-order valence-corrected chi connectivity index (χ1v) is 5.60. The number of aromatic amines is 1. The fourth-order valence-corrected chi connectivity index (χ4v) is 1.95. The van der Waals surface area contributed by atoms with Crippen molar-refractivity contribution < 1.29 is 22.7 Å². The van der Waals surface area contributed by atoms with Crippen LogP contribution < -0.4 is 0 Å². The van der Waals surface area contributed by atoms with Crippen molar-refractivity contribution in [3.8, 4) is 0 Å². The summed E-state index contributed by atoms with van der Waals surface area (Å²) in [6.45, 7) is 2.74. The number of carbonyl (C=O) groups is 1. The largest absolute Gasteiger partial charge is 0.448 e. The van der Waals surface area contributed by atoms with Crippen molar-refractivity contribution in [1.82, 2.24) is 4.98 Å². The van der Waals surface area contributed by atoms with Crippen molar-refractivity contribution in [1.29, 1.82) is 0 Å². The van der Waals surface area contributed by atoms with Gasteiger partial charge in [0.25, 0.3) is 0 Å². The highest BCUT2D eigenvalue weighted by atomic mass is 19.4. The maximum absolute atomic E-state index is 13.0. The molecule has 1 N–H and O–H groups in total. The van der Waals surface area contributed by atoms with E-state index in [4.69, 9.17) is 0 Å². The molecule has 0 saturated carbocycles. The summed E-state index contributed by atoms with van der Waals surface area (Å²) in [6, 6.07) is 5.11.